The standard InChI is InChI=1S/C21H21F3N6/c1-29-11-16-9-15(29)12-30(16)19-3-2-14(8-17(19)21(22,23)24)27-20-26-7-5-18(28-20)13-4-6-25-10-13/h2-8,10,15-16,25H,9,11-12H2,1H3,(H,26,27,28). The Balaban J connectivity index is 1.44. The van der Waals surface area contributed by atoms with Crippen LogP contribution in [0.3, 0.4) is 0 Å². The molecule has 6 nitrogen and oxygen atoms in total. The van der Waals surface area contributed by atoms with Gasteiger partial charge in [0.1, 0.15) is 0 Å². The molecule has 2 unspecified atom stereocenters. The second-order valence-electron chi connectivity index (χ2n) is 7.86. The Hall–Kier alpha value is -3.07. The molecule has 1 aromatic carbocycles. The number of rotatable bonds is 4. The molecule has 0 radical (unpaired) electrons. The van der Waals surface area contributed by atoms with Crippen molar-refractivity contribution < 1.29 is 13.2 Å². The number of anilines is 3. The van der Waals surface area contributed by atoms with Crippen LogP contribution in [-0.2, 0) is 6.18 Å². The molecule has 2 N–H and O–H groups in total. The third-order valence-corrected chi connectivity index (χ3v) is 5.93. The molecule has 2 bridgehead atoms. The predicted octanol–water partition coefficient (Wildman–Crippen LogP) is 4.13. The smallest absolute Gasteiger partial charge is 0.367 e. The van der Waals surface area contributed by atoms with Crippen molar-refractivity contribution in [1.29, 1.82) is 0 Å². The fraction of sp³-hybridized carbons (Fsp3) is 0.333. The number of H-pyrrole nitrogens is 1. The number of fused-ring (bicyclic) bond motifs is 2. The minimum Gasteiger partial charge on any atom is -0.367 e. The van der Waals surface area contributed by atoms with Crippen LogP contribution in [0.4, 0.5) is 30.5 Å². The number of piperazine rings is 1. The van der Waals surface area contributed by atoms with Gasteiger partial charge in [0.25, 0.3) is 0 Å². The molecular formula is C21H21F3N6. The monoisotopic (exact) mass is 414 g/mol. The summed E-state index contributed by atoms with van der Waals surface area (Å²) in [5, 5.41) is 2.92. The first kappa shape index (κ1) is 18.9. The van der Waals surface area contributed by atoms with Crippen LogP contribution in [0.1, 0.15) is 12.0 Å². The highest BCUT2D eigenvalue weighted by Gasteiger charge is 2.44. The van der Waals surface area contributed by atoms with E-state index in [-0.39, 0.29) is 17.7 Å². The molecule has 9 heteroatoms. The van der Waals surface area contributed by atoms with E-state index in [1.807, 2.05) is 18.0 Å². The highest BCUT2D eigenvalue weighted by molar-refractivity contribution is 5.67. The van der Waals surface area contributed by atoms with Crippen molar-refractivity contribution >= 4 is 17.3 Å². The zero-order chi connectivity index (χ0) is 20.9. The van der Waals surface area contributed by atoms with Gasteiger partial charge in [-0.1, -0.05) is 0 Å². The molecule has 2 atom stereocenters. The second kappa shape index (κ2) is 7.02. The van der Waals surface area contributed by atoms with E-state index in [2.05, 4.69) is 25.2 Å². The summed E-state index contributed by atoms with van der Waals surface area (Å²) in [6.07, 6.45) is 1.61. The van der Waals surface area contributed by atoms with Gasteiger partial charge in [0.05, 0.1) is 11.3 Å². The molecule has 2 aliphatic rings. The Morgan fingerprint density at radius 3 is 2.67 bits per heavy atom. The van der Waals surface area contributed by atoms with E-state index in [1.54, 1.807) is 36.8 Å². The van der Waals surface area contributed by atoms with Crippen LogP contribution in [0.2, 0.25) is 0 Å². The number of likely N-dealkylation sites (tertiary alicyclic amines) is 1. The van der Waals surface area contributed by atoms with E-state index in [0.29, 0.717) is 24.0 Å². The van der Waals surface area contributed by atoms with Gasteiger partial charge in [0.15, 0.2) is 0 Å². The van der Waals surface area contributed by atoms with Crippen molar-refractivity contribution in [3.63, 3.8) is 0 Å². The lowest BCUT2D eigenvalue weighted by Gasteiger charge is -2.35. The number of alkyl halides is 3. The Bertz CT molecular complexity index is 1050. The first-order valence-corrected chi connectivity index (χ1v) is 9.80. The molecule has 0 amide bonds. The van der Waals surface area contributed by atoms with Gasteiger partial charge in [-0.15, -0.1) is 0 Å². The number of aromatic amines is 1. The van der Waals surface area contributed by atoms with E-state index in [0.717, 1.165) is 24.6 Å². The number of aromatic nitrogens is 3. The maximum absolute atomic E-state index is 13.9. The number of halogens is 3. The maximum Gasteiger partial charge on any atom is 0.418 e. The van der Waals surface area contributed by atoms with Gasteiger partial charge in [-0.25, -0.2) is 9.97 Å². The average molecular weight is 414 g/mol. The summed E-state index contributed by atoms with van der Waals surface area (Å²) in [7, 11) is 2.03. The van der Waals surface area contributed by atoms with Crippen molar-refractivity contribution in [1.82, 2.24) is 19.9 Å². The zero-order valence-electron chi connectivity index (χ0n) is 16.3. The van der Waals surface area contributed by atoms with Gasteiger partial charge in [-0.05, 0) is 43.8 Å². The third-order valence-electron chi connectivity index (χ3n) is 5.93. The Kier molecular flexibility index (Phi) is 4.43. The summed E-state index contributed by atoms with van der Waals surface area (Å²) in [5.74, 6) is 0.247. The lowest BCUT2D eigenvalue weighted by Crippen LogP contribution is -2.45. The second-order valence-corrected chi connectivity index (χ2v) is 7.86. The lowest BCUT2D eigenvalue weighted by atomic mass is 10.1. The molecular weight excluding hydrogens is 393 g/mol. The number of hydrogen-bond donors (Lipinski definition) is 2. The number of nitrogens with one attached hydrogen (secondary N) is 2. The largest absolute Gasteiger partial charge is 0.418 e. The number of nitrogens with zero attached hydrogens (tertiary/aromatic N) is 4. The SMILES string of the molecule is CN1CC2CC1CN2c1ccc(Nc2nccc(-c3cc[nH]c3)n2)cc1C(F)(F)F. The van der Waals surface area contributed by atoms with Crippen LogP contribution in [-0.4, -0.2) is 52.1 Å². The Morgan fingerprint density at radius 2 is 2.00 bits per heavy atom. The fourth-order valence-electron chi connectivity index (χ4n) is 4.44. The van der Waals surface area contributed by atoms with Crippen molar-refractivity contribution in [3.8, 4) is 11.3 Å². The van der Waals surface area contributed by atoms with E-state index in [1.165, 1.54) is 0 Å². The van der Waals surface area contributed by atoms with E-state index in [4.69, 9.17) is 0 Å². The minimum atomic E-state index is -4.45. The predicted molar refractivity (Wildman–Crippen MR) is 109 cm³/mol. The van der Waals surface area contributed by atoms with Gasteiger partial charge in [-0.3, -0.25) is 4.90 Å². The normalized spacial score (nSPS) is 21.4. The van der Waals surface area contributed by atoms with Gasteiger partial charge in [0.2, 0.25) is 5.95 Å². The van der Waals surface area contributed by atoms with Crippen molar-refractivity contribution in [3.05, 3.63) is 54.5 Å². The molecule has 2 aromatic heterocycles. The molecule has 4 heterocycles. The first-order chi connectivity index (χ1) is 14.4. The maximum atomic E-state index is 13.9. The van der Waals surface area contributed by atoms with Gasteiger partial charge in [-0.2, -0.15) is 13.2 Å². The van der Waals surface area contributed by atoms with Crippen molar-refractivity contribution in [2.45, 2.75) is 24.7 Å². The van der Waals surface area contributed by atoms with Gasteiger partial charge >= 0.3 is 6.18 Å². The first-order valence-electron chi connectivity index (χ1n) is 9.80. The van der Waals surface area contributed by atoms with Crippen LogP contribution in [0.5, 0.6) is 0 Å². The Morgan fingerprint density at radius 1 is 1.13 bits per heavy atom. The van der Waals surface area contributed by atoms with Crippen molar-refractivity contribution in [2.75, 3.05) is 30.4 Å². The average Bonchev–Trinajstić information content (AvgIpc) is 3.45. The summed E-state index contributed by atoms with van der Waals surface area (Å²) < 4.78 is 41.7. The fourth-order valence-corrected chi connectivity index (χ4v) is 4.44. The van der Waals surface area contributed by atoms with E-state index >= 15 is 0 Å². The topological polar surface area (TPSA) is 60.1 Å². The summed E-state index contributed by atoms with van der Waals surface area (Å²) in [4.78, 5) is 15.6. The number of hydrogen-bond acceptors (Lipinski definition) is 5. The molecule has 0 spiro atoms. The molecule has 30 heavy (non-hydrogen) atoms. The lowest BCUT2D eigenvalue weighted by molar-refractivity contribution is -0.137. The molecule has 2 aliphatic heterocycles. The number of benzene rings is 1. The molecule has 156 valence electrons. The van der Waals surface area contributed by atoms with Crippen LogP contribution in [0.15, 0.2) is 48.9 Å². The van der Waals surface area contributed by atoms with Gasteiger partial charge < -0.3 is 15.2 Å². The van der Waals surface area contributed by atoms with E-state index in [9.17, 15) is 13.2 Å². The highest BCUT2D eigenvalue weighted by Crippen LogP contribution is 2.42. The highest BCUT2D eigenvalue weighted by atomic mass is 19.4. The van der Waals surface area contributed by atoms with Crippen LogP contribution < -0.4 is 10.2 Å². The van der Waals surface area contributed by atoms with E-state index < -0.39 is 11.7 Å². The number of likely N-dealkylation sites (N-methyl/N-ethyl adjacent to an activating group) is 1. The summed E-state index contributed by atoms with van der Waals surface area (Å²) in [6.45, 7) is 1.42. The molecule has 2 saturated heterocycles. The molecule has 0 aliphatic carbocycles. The Labute approximate surface area is 171 Å². The quantitative estimate of drug-likeness (QED) is 0.672. The summed E-state index contributed by atoms with van der Waals surface area (Å²) in [5.41, 5.74) is 1.47. The molecule has 0 saturated carbocycles. The molecule has 5 rings (SSSR count). The molecule has 3 aromatic rings. The third kappa shape index (κ3) is 3.39. The minimum absolute atomic E-state index is 0.126. The molecule has 2 fully saturated rings. The van der Waals surface area contributed by atoms with Crippen LogP contribution >= 0.6 is 0 Å². The van der Waals surface area contributed by atoms with Crippen molar-refractivity contribution in [2.24, 2.45) is 0 Å². The van der Waals surface area contributed by atoms with Crippen LogP contribution in [0.25, 0.3) is 11.3 Å². The summed E-state index contributed by atoms with van der Waals surface area (Å²) >= 11 is 0. The van der Waals surface area contributed by atoms with Crippen LogP contribution in [0, 0.1) is 0 Å². The summed E-state index contributed by atoms with van der Waals surface area (Å²) in [6, 6.07) is 8.42. The zero-order valence-corrected chi connectivity index (χ0v) is 16.3. The van der Waals surface area contributed by atoms with Gasteiger partial charge in [0, 0.05) is 60.7 Å².